The Hall–Kier alpha value is -1.49. The van der Waals surface area contributed by atoms with Gasteiger partial charge in [0.25, 0.3) is 5.91 Å². The topological polar surface area (TPSA) is 80.9 Å². The molecule has 0 aliphatic heterocycles. The first kappa shape index (κ1) is 12.6. The molecule has 2 unspecified atom stereocenters. The first-order chi connectivity index (χ1) is 7.65. The van der Waals surface area contributed by atoms with Crippen molar-refractivity contribution in [2.24, 2.45) is 17.6 Å². The van der Waals surface area contributed by atoms with Crippen molar-refractivity contribution in [3.8, 4) is 0 Å². The highest BCUT2D eigenvalue weighted by molar-refractivity contribution is 5.91. The van der Waals surface area contributed by atoms with Crippen LogP contribution >= 0.6 is 0 Å². The van der Waals surface area contributed by atoms with Crippen LogP contribution in [0.25, 0.3) is 0 Å². The average Bonchev–Trinajstić information content (AvgIpc) is 2.35. The van der Waals surface area contributed by atoms with E-state index in [-0.39, 0.29) is 5.91 Å². The van der Waals surface area contributed by atoms with Gasteiger partial charge in [-0.3, -0.25) is 9.78 Å². The second-order valence-electron chi connectivity index (χ2n) is 3.99. The van der Waals surface area contributed by atoms with E-state index in [2.05, 4.69) is 29.1 Å². The lowest BCUT2D eigenvalue weighted by Gasteiger charge is -2.18. The molecule has 5 heteroatoms. The number of nitrogens with one attached hydrogen (secondary N) is 1. The van der Waals surface area contributed by atoms with E-state index in [0.717, 1.165) is 0 Å². The third kappa shape index (κ3) is 3.58. The number of amides is 1. The fourth-order valence-corrected chi connectivity index (χ4v) is 1.19. The van der Waals surface area contributed by atoms with Crippen molar-refractivity contribution in [2.75, 3.05) is 13.1 Å². The van der Waals surface area contributed by atoms with Crippen LogP contribution in [0, 0.1) is 11.8 Å². The first-order valence-corrected chi connectivity index (χ1v) is 5.39. The summed E-state index contributed by atoms with van der Waals surface area (Å²) in [6.07, 6.45) is 4.49. The van der Waals surface area contributed by atoms with E-state index in [1.807, 2.05) is 0 Å². The summed E-state index contributed by atoms with van der Waals surface area (Å²) in [6.45, 7) is 5.36. The lowest BCUT2D eigenvalue weighted by atomic mass is 9.96. The molecule has 0 aliphatic carbocycles. The molecular formula is C11H18N4O. The molecule has 0 saturated heterocycles. The van der Waals surface area contributed by atoms with Crippen LogP contribution in [0.3, 0.4) is 0 Å². The number of nitrogens with two attached hydrogens (primary N) is 1. The summed E-state index contributed by atoms with van der Waals surface area (Å²) >= 11 is 0. The number of hydrogen-bond acceptors (Lipinski definition) is 4. The van der Waals surface area contributed by atoms with Crippen molar-refractivity contribution in [1.29, 1.82) is 0 Å². The molecule has 1 aromatic rings. The smallest absolute Gasteiger partial charge is 0.271 e. The number of carbonyl (C=O) groups excluding carboxylic acids is 1. The maximum atomic E-state index is 11.6. The van der Waals surface area contributed by atoms with Crippen LogP contribution in [0.15, 0.2) is 18.6 Å². The van der Waals surface area contributed by atoms with Gasteiger partial charge in [-0.05, 0) is 18.4 Å². The van der Waals surface area contributed by atoms with Gasteiger partial charge in [-0.15, -0.1) is 0 Å². The summed E-state index contributed by atoms with van der Waals surface area (Å²) in [5, 5.41) is 2.82. The van der Waals surface area contributed by atoms with E-state index in [9.17, 15) is 4.79 Å². The van der Waals surface area contributed by atoms with Crippen LogP contribution in [0.5, 0.6) is 0 Å². The largest absolute Gasteiger partial charge is 0.350 e. The van der Waals surface area contributed by atoms with Crippen LogP contribution in [0.2, 0.25) is 0 Å². The Morgan fingerprint density at radius 1 is 1.44 bits per heavy atom. The van der Waals surface area contributed by atoms with Crippen LogP contribution in [0.4, 0.5) is 0 Å². The summed E-state index contributed by atoms with van der Waals surface area (Å²) in [5.41, 5.74) is 5.90. The maximum Gasteiger partial charge on any atom is 0.271 e. The molecule has 0 saturated carbocycles. The molecule has 16 heavy (non-hydrogen) atoms. The van der Waals surface area contributed by atoms with Crippen molar-refractivity contribution >= 4 is 5.91 Å². The standard InChI is InChI=1S/C11H18N4O/c1-8(5-12)9(2)6-15-11(16)10-7-13-3-4-14-10/h3-4,7-9H,5-6,12H2,1-2H3,(H,15,16). The van der Waals surface area contributed by atoms with E-state index < -0.39 is 0 Å². The first-order valence-electron chi connectivity index (χ1n) is 5.39. The summed E-state index contributed by atoms with van der Waals surface area (Å²) in [6, 6.07) is 0. The van der Waals surface area contributed by atoms with Crippen molar-refractivity contribution in [3.63, 3.8) is 0 Å². The molecule has 2 atom stereocenters. The Labute approximate surface area is 95.5 Å². The minimum absolute atomic E-state index is 0.191. The Kier molecular flexibility index (Phi) is 4.85. The quantitative estimate of drug-likeness (QED) is 0.757. The van der Waals surface area contributed by atoms with E-state index >= 15 is 0 Å². The molecule has 5 nitrogen and oxygen atoms in total. The Bertz CT molecular complexity index is 328. The van der Waals surface area contributed by atoms with Gasteiger partial charge in [-0.1, -0.05) is 13.8 Å². The fourth-order valence-electron chi connectivity index (χ4n) is 1.19. The highest BCUT2D eigenvalue weighted by Gasteiger charge is 2.13. The number of hydrogen-bond donors (Lipinski definition) is 2. The van der Waals surface area contributed by atoms with Gasteiger partial charge in [0, 0.05) is 18.9 Å². The SMILES string of the molecule is CC(CN)C(C)CNC(=O)c1cnccn1. The zero-order chi connectivity index (χ0) is 12.0. The van der Waals surface area contributed by atoms with Gasteiger partial charge < -0.3 is 11.1 Å². The molecule has 0 bridgehead atoms. The predicted molar refractivity (Wildman–Crippen MR) is 61.7 cm³/mol. The Morgan fingerprint density at radius 3 is 2.75 bits per heavy atom. The lowest BCUT2D eigenvalue weighted by molar-refractivity contribution is 0.0939. The number of rotatable bonds is 5. The highest BCUT2D eigenvalue weighted by Crippen LogP contribution is 2.07. The molecule has 1 aromatic heterocycles. The molecule has 0 aliphatic rings. The van der Waals surface area contributed by atoms with Crippen molar-refractivity contribution in [2.45, 2.75) is 13.8 Å². The van der Waals surface area contributed by atoms with E-state index in [0.29, 0.717) is 30.6 Å². The van der Waals surface area contributed by atoms with Gasteiger partial charge in [-0.25, -0.2) is 4.98 Å². The van der Waals surface area contributed by atoms with Gasteiger partial charge in [0.15, 0.2) is 0 Å². The maximum absolute atomic E-state index is 11.6. The van der Waals surface area contributed by atoms with Crippen LogP contribution in [-0.4, -0.2) is 29.0 Å². The molecule has 0 spiro atoms. The van der Waals surface area contributed by atoms with Crippen LogP contribution < -0.4 is 11.1 Å². The van der Waals surface area contributed by atoms with Crippen LogP contribution in [-0.2, 0) is 0 Å². The monoisotopic (exact) mass is 222 g/mol. The van der Waals surface area contributed by atoms with Gasteiger partial charge in [0.1, 0.15) is 5.69 Å². The zero-order valence-electron chi connectivity index (χ0n) is 9.68. The molecule has 88 valence electrons. The molecular weight excluding hydrogens is 204 g/mol. The minimum atomic E-state index is -0.191. The van der Waals surface area contributed by atoms with Gasteiger partial charge >= 0.3 is 0 Å². The number of carbonyl (C=O) groups is 1. The summed E-state index contributed by atoms with van der Waals surface area (Å²) in [5.74, 6) is 0.553. The molecule has 0 aromatic carbocycles. The average molecular weight is 222 g/mol. The summed E-state index contributed by atoms with van der Waals surface area (Å²) < 4.78 is 0. The van der Waals surface area contributed by atoms with Crippen molar-refractivity contribution in [1.82, 2.24) is 15.3 Å². The van der Waals surface area contributed by atoms with Gasteiger partial charge in [0.05, 0.1) is 6.20 Å². The summed E-state index contributed by atoms with van der Waals surface area (Å²) in [7, 11) is 0. The molecule has 1 heterocycles. The van der Waals surface area contributed by atoms with Gasteiger partial charge in [0.2, 0.25) is 0 Å². The van der Waals surface area contributed by atoms with E-state index in [1.165, 1.54) is 18.6 Å². The van der Waals surface area contributed by atoms with E-state index in [1.54, 1.807) is 0 Å². The number of aromatic nitrogens is 2. The Balaban J connectivity index is 2.42. The molecule has 0 fully saturated rings. The highest BCUT2D eigenvalue weighted by atomic mass is 16.1. The Morgan fingerprint density at radius 2 is 2.19 bits per heavy atom. The molecule has 1 rings (SSSR count). The number of nitrogens with zero attached hydrogens (tertiary/aromatic N) is 2. The predicted octanol–water partition coefficient (Wildman–Crippen LogP) is 0.437. The minimum Gasteiger partial charge on any atom is -0.350 e. The second kappa shape index (κ2) is 6.17. The lowest BCUT2D eigenvalue weighted by Crippen LogP contribution is -2.33. The third-order valence-electron chi connectivity index (χ3n) is 2.72. The van der Waals surface area contributed by atoms with Gasteiger partial charge in [-0.2, -0.15) is 0 Å². The van der Waals surface area contributed by atoms with Crippen LogP contribution in [0.1, 0.15) is 24.3 Å². The van der Waals surface area contributed by atoms with E-state index in [4.69, 9.17) is 5.73 Å². The molecule has 3 N–H and O–H groups in total. The second-order valence-corrected chi connectivity index (χ2v) is 3.99. The summed E-state index contributed by atoms with van der Waals surface area (Å²) in [4.78, 5) is 19.4. The molecule has 1 amide bonds. The van der Waals surface area contributed by atoms with Crippen molar-refractivity contribution < 1.29 is 4.79 Å². The van der Waals surface area contributed by atoms with Crippen molar-refractivity contribution in [3.05, 3.63) is 24.3 Å². The third-order valence-corrected chi connectivity index (χ3v) is 2.72. The molecule has 0 radical (unpaired) electrons. The fraction of sp³-hybridized carbons (Fsp3) is 0.545. The zero-order valence-corrected chi connectivity index (χ0v) is 9.68. The normalized spacial score (nSPS) is 14.2.